The fourth-order valence-electron chi connectivity index (χ4n) is 2.02. The smallest absolute Gasteiger partial charge is 0.319 e. The van der Waals surface area contributed by atoms with Crippen LogP contribution in [0.25, 0.3) is 0 Å². The number of rotatable bonds is 7. The number of carbonyl (C=O) groups excluding carboxylic acids is 2. The number of benzene rings is 1. The molecule has 128 valence electrons. The maximum atomic E-state index is 13.0. The molecule has 1 aromatic heterocycles. The number of hydrogen-bond acceptors (Lipinski definition) is 5. The molecule has 24 heavy (non-hydrogen) atoms. The van der Waals surface area contributed by atoms with Crippen molar-refractivity contribution in [2.45, 2.75) is 27.0 Å². The first-order valence-corrected chi connectivity index (χ1v) is 7.47. The van der Waals surface area contributed by atoms with E-state index in [4.69, 9.17) is 9.47 Å². The standard InChI is InChI=1S/C17H19FN2O4/c1-4-23-16(22)17(2,3)14(21)15(20-10-9-19-11-20)24-13-7-5-12(18)6-8-13/h5-11,15H,4H2,1-3H3. The highest BCUT2D eigenvalue weighted by Gasteiger charge is 2.43. The van der Waals surface area contributed by atoms with Gasteiger partial charge in [0.25, 0.3) is 0 Å². The minimum absolute atomic E-state index is 0.171. The lowest BCUT2D eigenvalue weighted by atomic mass is 9.87. The average Bonchev–Trinajstić information content (AvgIpc) is 3.08. The third-order valence-corrected chi connectivity index (χ3v) is 3.48. The highest BCUT2D eigenvalue weighted by molar-refractivity contribution is 6.04. The van der Waals surface area contributed by atoms with Crippen molar-refractivity contribution in [2.75, 3.05) is 6.61 Å². The van der Waals surface area contributed by atoms with Gasteiger partial charge in [0, 0.05) is 12.4 Å². The van der Waals surface area contributed by atoms with Crippen molar-refractivity contribution in [1.29, 1.82) is 0 Å². The van der Waals surface area contributed by atoms with Crippen molar-refractivity contribution < 1.29 is 23.5 Å². The highest BCUT2D eigenvalue weighted by Crippen LogP contribution is 2.28. The second kappa shape index (κ2) is 7.25. The second-order valence-corrected chi connectivity index (χ2v) is 5.64. The summed E-state index contributed by atoms with van der Waals surface area (Å²) < 4.78 is 25.1. The minimum atomic E-state index is -1.41. The SMILES string of the molecule is CCOC(=O)C(C)(C)C(=O)C(Oc1ccc(F)cc1)n1ccnc1. The number of imidazole rings is 1. The maximum absolute atomic E-state index is 13.0. The number of hydrogen-bond donors (Lipinski definition) is 0. The van der Waals surface area contributed by atoms with E-state index in [9.17, 15) is 14.0 Å². The van der Waals surface area contributed by atoms with Gasteiger partial charge in [0.05, 0.1) is 12.9 Å². The van der Waals surface area contributed by atoms with Gasteiger partial charge in [-0.25, -0.2) is 9.37 Å². The monoisotopic (exact) mass is 334 g/mol. The Labute approximate surface area is 139 Å². The summed E-state index contributed by atoms with van der Waals surface area (Å²) in [5, 5.41) is 0. The molecule has 0 bridgehead atoms. The highest BCUT2D eigenvalue weighted by atomic mass is 19.1. The molecule has 0 saturated heterocycles. The maximum Gasteiger partial charge on any atom is 0.319 e. The molecule has 1 heterocycles. The number of carbonyl (C=O) groups is 2. The zero-order valence-electron chi connectivity index (χ0n) is 13.7. The zero-order valence-corrected chi connectivity index (χ0v) is 13.7. The first-order chi connectivity index (χ1) is 11.4. The van der Waals surface area contributed by atoms with Crippen LogP contribution in [0.5, 0.6) is 5.75 Å². The second-order valence-electron chi connectivity index (χ2n) is 5.64. The molecule has 1 aromatic carbocycles. The van der Waals surface area contributed by atoms with Crippen molar-refractivity contribution in [3.63, 3.8) is 0 Å². The van der Waals surface area contributed by atoms with E-state index in [0.29, 0.717) is 5.75 Å². The number of esters is 1. The molecule has 0 saturated carbocycles. The Balaban J connectivity index is 2.31. The molecular formula is C17H19FN2O4. The molecule has 0 fully saturated rings. The summed E-state index contributed by atoms with van der Waals surface area (Å²) in [4.78, 5) is 28.9. The van der Waals surface area contributed by atoms with Gasteiger partial charge >= 0.3 is 5.97 Å². The van der Waals surface area contributed by atoms with Gasteiger partial charge in [0.2, 0.25) is 12.0 Å². The van der Waals surface area contributed by atoms with Gasteiger partial charge in [0.15, 0.2) is 0 Å². The summed E-state index contributed by atoms with van der Waals surface area (Å²) in [7, 11) is 0. The Morgan fingerprint density at radius 3 is 2.50 bits per heavy atom. The first kappa shape index (κ1) is 17.7. The topological polar surface area (TPSA) is 70.4 Å². The number of halogens is 1. The zero-order chi connectivity index (χ0) is 17.7. The van der Waals surface area contributed by atoms with E-state index >= 15 is 0 Å². The van der Waals surface area contributed by atoms with Crippen LogP contribution in [0.2, 0.25) is 0 Å². The van der Waals surface area contributed by atoms with Crippen LogP contribution in [0, 0.1) is 11.2 Å². The van der Waals surface area contributed by atoms with Crippen LogP contribution < -0.4 is 4.74 Å². The fourth-order valence-corrected chi connectivity index (χ4v) is 2.02. The van der Waals surface area contributed by atoms with Gasteiger partial charge in [-0.15, -0.1) is 0 Å². The van der Waals surface area contributed by atoms with E-state index in [-0.39, 0.29) is 6.61 Å². The first-order valence-electron chi connectivity index (χ1n) is 7.47. The Hall–Kier alpha value is -2.70. The molecule has 0 spiro atoms. The van der Waals surface area contributed by atoms with E-state index < -0.39 is 29.2 Å². The van der Waals surface area contributed by atoms with Crippen LogP contribution in [-0.2, 0) is 14.3 Å². The summed E-state index contributed by atoms with van der Waals surface area (Å²) >= 11 is 0. The molecule has 7 heteroatoms. The van der Waals surface area contributed by atoms with E-state index in [0.717, 1.165) is 0 Å². The summed E-state index contributed by atoms with van der Waals surface area (Å²) in [5.41, 5.74) is -1.41. The quantitative estimate of drug-likeness (QED) is 0.575. The molecule has 0 aliphatic rings. The number of ketones is 1. The van der Waals surface area contributed by atoms with Crippen LogP contribution in [-0.4, -0.2) is 27.9 Å². The molecule has 0 N–H and O–H groups in total. The van der Waals surface area contributed by atoms with Gasteiger partial charge < -0.3 is 9.47 Å². The number of ether oxygens (including phenoxy) is 2. The molecular weight excluding hydrogens is 315 g/mol. The predicted molar refractivity (Wildman–Crippen MR) is 83.7 cm³/mol. The van der Waals surface area contributed by atoms with Crippen molar-refractivity contribution in [3.8, 4) is 5.75 Å². The molecule has 1 atom stereocenters. The lowest BCUT2D eigenvalue weighted by molar-refractivity contribution is -0.161. The van der Waals surface area contributed by atoms with Gasteiger partial charge in [-0.2, -0.15) is 0 Å². The molecule has 2 rings (SSSR count). The molecule has 2 aromatic rings. The van der Waals surface area contributed by atoms with E-state index in [1.54, 1.807) is 13.1 Å². The van der Waals surface area contributed by atoms with Crippen molar-refractivity contribution in [1.82, 2.24) is 9.55 Å². The molecule has 0 aliphatic heterocycles. The third kappa shape index (κ3) is 3.79. The summed E-state index contributed by atoms with van der Waals surface area (Å²) in [6, 6.07) is 5.26. The Bertz CT molecular complexity index is 696. The molecule has 1 unspecified atom stereocenters. The summed E-state index contributed by atoms with van der Waals surface area (Å²) in [6.07, 6.45) is 3.32. The minimum Gasteiger partial charge on any atom is -0.465 e. The molecule has 0 amide bonds. The van der Waals surface area contributed by atoms with Gasteiger partial charge in [-0.05, 0) is 45.0 Å². The Kier molecular flexibility index (Phi) is 5.33. The van der Waals surface area contributed by atoms with Crippen LogP contribution in [0.15, 0.2) is 43.0 Å². The largest absolute Gasteiger partial charge is 0.465 e. The van der Waals surface area contributed by atoms with Gasteiger partial charge in [-0.3, -0.25) is 14.2 Å². The van der Waals surface area contributed by atoms with Crippen molar-refractivity contribution >= 4 is 11.8 Å². The number of Topliss-reactive ketones (excluding diaryl/α,β-unsaturated/α-hetero) is 1. The van der Waals surface area contributed by atoms with Crippen LogP contribution >= 0.6 is 0 Å². The normalized spacial score (nSPS) is 12.5. The van der Waals surface area contributed by atoms with E-state index in [1.807, 2.05) is 0 Å². The predicted octanol–water partition coefficient (Wildman–Crippen LogP) is 2.76. The lowest BCUT2D eigenvalue weighted by Crippen LogP contribution is -2.41. The molecule has 0 aliphatic carbocycles. The van der Waals surface area contributed by atoms with E-state index in [1.165, 1.54) is 55.2 Å². The van der Waals surface area contributed by atoms with Crippen LogP contribution in [0.3, 0.4) is 0 Å². The van der Waals surface area contributed by atoms with Crippen molar-refractivity contribution in [3.05, 3.63) is 48.8 Å². The average molecular weight is 334 g/mol. The van der Waals surface area contributed by atoms with Crippen molar-refractivity contribution in [2.24, 2.45) is 5.41 Å². The van der Waals surface area contributed by atoms with Gasteiger partial charge in [0.1, 0.15) is 17.0 Å². The fraction of sp³-hybridized carbons (Fsp3) is 0.353. The molecule has 6 nitrogen and oxygen atoms in total. The number of nitrogens with zero attached hydrogens (tertiary/aromatic N) is 2. The third-order valence-electron chi connectivity index (χ3n) is 3.48. The lowest BCUT2D eigenvalue weighted by Gasteiger charge is -2.27. The summed E-state index contributed by atoms with van der Waals surface area (Å²) in [5.74, 6) is -1.26. The van der Waals surface area contributed by atoms with Crippen LogP contribution in [0.1, 0.15) is 27.0 Å². The Morgan fingerprint density at radius 2 is 1.96 bits per heavy atom. The van der Waals surface area contributed by atoms with Crippen LogP contribution in [0.4, 0.5) is 4.39 Å². The Morgan fingerprint density at radius 1 is 1.29 bits per heavy atom. The van der Waals surface area contributed by atoms with E-state index in [2.05, 4.69) is 4.98 Å². The molecule has 0 radical (unpaired) electrons. The number of aromatic nitrogens is 2. The van der Waals surface area contributed by atoms with Gasteiger partial charge in [-0.1, -0.05) is 0 Å². The summed E-state index contributed by atoms with van der Waals surface area (Å²) in [6.45, 7) is 4.79.